The molecule has 0 aromatic heterocycles. The van der Waals surface area contributed by atoms with Crippen molar-refractivity contribution in [1.29, 1.82) is 0 Å². The van der Waals surface area contributed by atoms with Gasteiger partial charge in [-0.1, -0.05) is 18.7 Å². The first-order chi connectivity index (χ1) is 7.13. The molecule has 3 heteroatoms. The Morgan fingerprint density at radius 2 is 2.00 bits per heavy atom. The van der Waals surface area contributed by atoms with Crippen LogP contribution in [-0.4, -0.2) is 5.91 Å². The lowest BCUT2D eigenvalue weighted by Gasteiger charge is -2.04. The predicted molar refractivity (Wildman–Crippen MR) is 63.4 cm³/mol. The number of rotatable bonds is 3. The number of nitrogen functional groups attached to an aromatic ring is 1. The van der Waals surface area contributed by atoms with Gasteiger partial charge in [-0.25, -0.2) is 0 Å². The number of allylic oxidation sites excluding steroid dienone is 2. The lowest BCUT2D eigenvalue weighted by molar-refractivity contribution is -0.112. The molecule has 0 unspecified atom stereocenters. The van der Waals surface area contributed by atoms with Crippen LogP contribution < -0.4 is 11.1 Å². The van der Waals surface area contributed by atoms with Crippen LogP contribution in [-0.2, 0) is 4.79 Å². The Morgan fingerprint density at radius 1 is 1.40 bits per heavy atom. The van der Waals surface area contributed by atoms with Gasteiger partial charge in [-0.15, -0.1) is 0 Å². The van der Waals surface area contributed by atoms with Gasteiger partial charge in [0.2, 0.25) is 0 Å². The summed E-state index contributed by atoms with van der Waals surface area (Å²) in [5.74, 6) is -0.139. The van der Waals surface area contributed by atoms with Gasteiger partial charge in [0, 0.05) is 16.9 Å². The number of hydrogen-bond acceptors (Lipinski definition) is 2. The average molecular weight is 202 g/mol. The lowest BCUT2D eigenvalue weighted by atomic mass is 10.2. The van der Waals surface area contributed by atoms with Crippen molar-refractivity contribution in [3.8, 4) is 0 Å². The van der Waals surface area contributed by atoms with E-state index in [1.807, 2.05) is 0 Å². The van der Waals surface area contributed by atoms with Crippen LogP contribution in [0.4, 0.5) is 11.4 Å². The zero-order valence-corrected chi connectivity index (χ0v) is 8.66. The number of hydrogen-bond donors (Lipinski definition) is 2. The fourth-order valence-electron chi connectivity index (χ4n) is 1.05. The van der Waals surface area contributed by atoms with Crippen molar-refractivity contribution in [2.75, 3.05) is 11.1 Å². The summed E-state index contributed by atoms with van der Waals surface area (Å²) >= 11 is 0. The summed E-state index contributed by atoms with van der Waals surface area (Å²) in [6.07, 6.45) is 3.24. The van der Waals surface area contributed by atoms with Gasteiger partial charge in [0.1, 0.15) is 0 Å². The summed E-state index contributed by atoms with van der Waals surface area (Å²) in [7, 11) is 0. The fraction of sp³-hybridized carbons (Fsp3) is 0.0833. The number of nitrogens with one attached hydrogen (secondary N) is 1. The van der Waals surface area contributed by atoms with E-state index in [0.717, 1.165) is 5.69 Å². The third-order valence-electron chi connectivity index (χ3n) is 1.89. The van der Waals surface area contributed by atoms with Crippen LogP contribution in [0.15, 0.2) is 48.6 Å². The minimum absolute atomic E-state index is 0.139. The Kier molecular flexibility index (Phi) is 3.68. The first-order valence-corrected chi connectivity index (χ1v) is 4.59. The first-order valence-electron chi connectivity index (χ1n) is 4.59. The van der Waals surface area contributed by atoms with Gasteiger partial charge < -0.3 is 11.1 Å². The molecule has 78 valence electrons. The van der Waals surface area contributed by atoms with E-state index >= 15 is 0 Å². The molecule has 0 bridgehead atoms. The zero-order chi connectivity index (χ0) is 11.3. The molecule has 0 saturated carbocycles. The van der Waals surface area contributed by atoms with Gasteiger partial charge in [-0.3, -0.25) is 4.79 Å². The molecule has 0 spiro atoms. The van der Waals surface area contributed by atoms with Gasteiger partial charge in [-0.2, -0.15) is 0 Å². The van der Waals surface area contributed by atoms with Gasteiger partial charge in [0.25, 0.3) is 5.91 Å². The molecule has 3 nitrogen and oxygen atoms in total. The number of amides is 1. The zero-order valence-electron chi connectivity index (χ0n) is 8.66. The highest BCUT2D eigenvalue weighted by Crippen LogP contribution is 2.11. The third kappa shape index (κ3) is 3.31. The maximum absolute atomic E-state index is 11.5. The highest BCUT2D eigenvalue weighted by Gasteiger charge is 2.02. The van der Waals surface area contributed by atoms with Crippen molar-refractivity contribution >= 4 is 17.3 Å². The molecular weight excluding hydrogens is 188 g/mol. The van der Waals surface area contributed by atoms with E-state index in [0.29, 0.717) is 11.3 Å². The monoisotopic (exact) mass is 202 g/mol. The Bertz CT molecular complexity index is 391. The van der Waals surface area contributed by atoms with Gasteiger partial charge in [0.15, 0.2) is 0 Å². The fourth-order valence-corrected chi connectivity index (χ4v) is 1.05. The van der Waals surface area contributed by atoms with Crippen molar-refractivity contribution in [3.63, 3.8) is 0 Å². The Balaban J connectivity index is 2.70. The molecule has 1 aromatic rings. The molecule has 0 atom stereocenters. The summed E-state index contributed by atoms with van der Waals surface area (Å²) in [4.78, 5) is 11.5. The van der Waals surface area contributed by atoms with E-state index < -0.39 is 0 Å². The Labute approximate surface area is 89.3 Å². The van der Waals surface area contributed by atoms with Crippen LogP contribution in [0.5, 0.6) is 0 Å². The van der Waals surface area contributed by atoms with Crippen LogP contribution in [0, 0.1) is 0 Å². The largest absolute Gasteiger partial charge is 0.399 e. The maximum Gasteiger partial charge on any atom is 0.251 e. The molecule has 0 radical (unpaired) electrons. The van der Waals surface area contributed by atoms with E-state index in [4.69, 9.17) is 5.73 Å². The molecule has 0 aliphatic rings. The third-order valence-corrected chi connectivity index (χ3v) is 1.89. The van der Waals surface area contributed by atoms with E-state index in [1.54, 1.807) is 43.3 Å². The van der Waals surface area contributed by atoms with Crippen molar-refractivity contribution in [3.05, 3.63) is 48.6 Å². The molecule has 0 aliphatic heterocycles. The molecule has 0 saturated heterocycles. The second kappa shape index (κ2) is 5.00. The van der Waals surface area contributed by atoms with Crippen molar-refractivity contribution in [2.45, 2.75) is 6.92 Å². The van der Waals surface area contributed by atoms with Crippen LogP contribution >= 0.6 is 0 Å². The number of carbonyl (C=O) groups is 1. The van der Waals surface area contributed by atoms with E-state index in [2.05, 4.69) is 11.9 Å². The van der Waals surface area contributed by atoms with Crippen LogP contribution in [0.2, 0.25) is 0 Å². The highest BCUT2D eigenvalue weighted by atomic mass is 16.1. The molecule has 0 aliphatic carbocycles. The highest BCUT2D eigenvalue weighted by molar-refractivity contribution is 6.03. The molecule has 15 heavy (non-hydrogen) atoms. The van der Waals surface area contributed by atoms with Crippen LogP contribution in [0.3, 0.4) is 0 Å². The minimum Gasteiger partial charge on any atom is -0.399 e. The summed E-state index contributed by atoms with van der Waals surface area (Å²) in [6.45, 7) is 5.26. The lowest BCUT2D eigenvalue weighted by Crippen LogP contribution is -2.12. The van der Waals surface area contributed by atoms with Gasteiger partial charge in [0.05, 0.1) is 0 Å². The van der Waals surface area contributed by atoms with Crippen molar-refractivity contribution < 1.29 is 4.79 Å². The van der Waals surface area contributed by atoms with Crippen LogP contribution in [0.25, 0.3) is 0 Å². The first kappa shape index (κ1) is 11.0. The maximum atomic E-state index is 11.5. The van der Waals surface area contributed by atoms with E-state index in [-0.39, 0.29) is 5.91 Å². The minimum atomic E-state index is -0.139. The number of carbonyl (C=O) groups excluding carboxylic acids is 1. The molecule has 1 aromatic carbocycles. The Morgan fingerprint density at radius 3 is 2.53 bits per heavy atom. The van der Waals surface area contributed by atoms with Crippen LogP contribution in [0.1, 0.15) is 6.92 Å². The van der Waals surface area contributed by atoms with E-state index in [1.165, 1.54) is 0 Å². The van der Waals surface area contributed by atoms with E-state index in [9.17, 15) is 4.79 Å². The SMILES string of the molecule is C=CC=C(C)C(=O)Nc1ccc(N)cc1. The number of benzene rings is 1. The quantitative estimate of drug-likeness (QED) is 0.449. The molecular formula is C12H14N2O. The average Bonchev–Trinajstić information content (AvgIpc) is 2.22. The van der Waals surface area contributed by atoms with Gasteiger partial charge in [-0.05, 0) is 31.2 Å². The standard InChI is InChI=1S/C12H14N2O/c1-3-4-9(2)12(15)14-11-7-5-10(13)6-8-11/h3-8H,1,13H2,2H3,(H,14,15). The predicted octanol–water partition coefficient (Wildman–Crippen LogP) is 2.34. The van der Waals surface area contributed by atoms with Crippen molar-refractivity contribution in [1.82, 2.24) is 0 Å². The molecule has 1 rings (SSSR count). The summed E-state index contributed by atoms with van der Waals surface area (Å²) in [5, 5.41) is 2.74. The van der Waals surface area contributed by atoms with Crippen molar-refractivity contribution in [2.24, 2.45) is 0 Å². The number of nitrogens with two attached hydrogens (primary N) is 1. The summed E-state index contributed by atoms with van der Waals surface area (Å²) in [5.41, 5.74) is 7.54. The molecule has 3 N–H and O–H groups in total. The van der Waals surface area contributed by atoms with Gasteiger partial charge >= 0.3 is 0 Å². The normalized spacial score (nSPS) is 10.9. The second-order valence-electron chi connectivity index (χ2n) is 3.16. The second-order valence-corrected chi connectivity index (χ2v) is 3.16. The Hall–Kier alpha value is -2.03. The summed E-state index contributed by atoms with van der Waals surface area (Å²) < 4.78 is 0. The smallest absolute Gasteiger partial charge is 0.251 e. The molecule has 0 fully saturated rings. The topological polar surface area (TPSA) is 55.1 Å². The number of anilines is 2. The molecule has 1 amide bonds. The summed E-state index contributed by atoms with van der Waals surface area (Å²) in [6, 6.07) is 6.99. The molecule has 0 heterocycles.